The highest BCUT2D eigenvalue weighted by Crippen LogP contribution is 2.40. The lowest BCUT2D eigenvalue weighted by atomic mass is 9.87. The van der Waals surface area contributed by atoms with Crippen molar-refractivity contribution in [3.8, 4) is 11.1 Å². The Morgan fingerprint density at radius 3 is 2.64 bits per heavy atom. The van der Waals surface area contributed by atoms with E-state index in [9.17, 15) is 9.59 Å². The Balaban J connectivity index is 1.71. The predicted molar refractivity (Wildman–Crippen MR) is 109 cm³/mol. The van der Waals surface area contributed by atoms with Crippen molar-refractivity contribution in [3.63, 3.8) is 0 Å². The molecule has 3 heterocycles. The number of benzene rings is 1. The van der Waals surface area contributed by atoms with Gasteiger partial charge in [-0.05, 0) is 30.0 Å². The van der Waals surface area contributed by atoms with E-state index in [2.05, 4.69) is 9.88 Å². The number of pyridine rings is 1. The SMILES string of the molecule is CN1C(=O)Cc2ccc(-c3cncc(Cl)c3N3CCC(N)(C(N)=O)CC3)cc21. The summed E-state index contributed by atoms with van der Waals surface area (Å²) in [4.78, 5) is 31.7. The van der Waals surface area contributed by atoms with Gasteiger partial charge in [0.15, 0.2) is 0 Å². The van der Waals surface area contributed by atoms with Crippen LogP contribution in [-0.4, -0.2) is 42.5 Å². The monoisotopic (exact) mass is 399 g/mol. The molecule has 1 aromatic carbocycles. The summed E-state index contributed by atoms with van der Waals surface area (Å²) in [7, 11) is 1.78. The maximum atomic E-state index is 12.0. The Labute approximate surface area is 168 Å². The minimum absolute atomic E-state index is 0.0818. The third-order valence-electron chi connectivity index (χ3n) is 5.81. The zero-order valence-corrected chi connectivity index (χ0v) is 16.4. The number of rotatable bonds is 3. The maximum Gasteiger partial charge on any atom is 0.237 e. The molecule has 2 aliphatic rings. The topological polar surface area (TPSA) is 106 Å². The molecule has 4 N–H and O–H groups in total. The van der Waals surface area contributed by atoms with Gasteiger partial charge in [0.25, 0.3) is 0 Å². The molecular formula is C20H22ClN5O2. The summed E-state index contributed by atoms with van der Waals surface area (Å²) in [5.41, 5.74) is 15.2. The first-order valence-electron chi connectivity index (χ1n) is 9.17. The molecule has 0 atom stereocenters. The first-order valence-corrected chi connectivity index (χ1v) is 9.55. The van der Waals surface area contributed by atoms with Crippen molar-refractivity contribution in [1.29, 1.82) is 0 Å². The number of amides is 2. The van der Waals surface area contributed by atoms with Gasteiger partial charge in [-0.3, -0.25) is 14.6 Å². The second-order valence-electron chi connectivity index (χ2n) is 7.50. The number of primary amides is 1. The first-order chi connectivity index (χ1) is 13.3. The van der Waals surface area contributed by atoms with Crippen LogP contribution in [0.2, 0.25) is 5.02 Å². The van der Waals surface area contributed by atoms with Gasteiger partial charge in [-0.2, -0.15) is 0 Å². The molecule has 146 valence electrons. The number of aromatic nitrogens is 1. The fraction of sp³-hybridized carbons (Fsp3) is 0.350. The Hall–Kier alpha value is -2.64. The molecule has 0 spiro atoms. The van der Waals surface area contributed by atoms with Crippen molar-refractivity contribution in [3.05, 3.63) is 41.2 Å². The summed E-state index contributed by atoms with van der Waals surface area (Å²) in [6.07, 6.45) is 4.73. The number of piperidine rings is 1. The number of hydrogen-bond acceptors (Lipinski definition) is 5. The van der Waals surface area contributed by atoms with Gasteiger partial charge in [-0.15, -0.1) is 0 Å². The number of likely N-dealkylation sites (N-methyl/N-ethyl adjacent to an activating group) is 1. The zero-order valence-electron chi connectivity index (χ0n) is 15.6. The van der Waals surface area contributed by atoms with Crippen LogP contribution >= 0.6 is 11.6 Å². The molecule has 1 fully saturated rings. The van der Waals surface area contributed by atoms with Crippen molar-refractivity contribution in [1.82, 2.24) is 4.98 Å². The van der Waals surface area contributed by atoms with Crippen LogP contribution in [0, 0.1) is 0 Å². The average molecular weight is 400 g/mol. The normalized spacial score (nSPS) is 18.3. The molecule has 0 radical (unpaired) electrons. The van der Waals surface area contributed by atoms with Crippen molar-refractivity contribution >= 4 is 34.8 Å². The van der Waals surface area contributed by atoms with E-state index in [-0.39, 0.29) is 5.91 Å². The van der Waals surface area contributed by atoms with Crippen LogP contribution in [0.5, 0.6) is 0 Å². The Bertz CT molecular complexity index is 969. The number of hydrogen-bond donors (Lipinski definition) is 2. The van der Waals surface area contributed by atoms with E-state index in [1.54, 1.807) is 24.3 Å². The van der Waals surface area contributed by atoms with Crippen LogP contribution in [-0.2, 0) is 16.0 Å². The molecule has 7 nitrogen and oxygen atoms in total. The fourth-order valence-corrected chi connectivity index (χ4v) is 4.22. The number of nitrogens with zero attached hydrogens (tertiary/aromatic N) is 3. The highest BCUT2D eigenvalue weighted by Gasteiger charge is 2.37. The Morgan fingerprint density at radius 1 is 1.25 bits per heavy atom. The second-order valence-corrected chi connectivity index (χ2v) is 7.91. The number of carbonyl (C=O) groups excluding carboxylic acids is 2. The van der Waals surface area contributed by atoms with Gasteiger partial charge >= 0.3 is 0 Å². The third kappa shape index (κ3) is 3.00. The maximum absolute atomic E-state index is 12.0. The van der Waals surface area contributed by atoms with Crippen LogP contribution in [0.25, 0.3) is 11.1 Å². The van der Waals surface area contributed by atoms with Crippen molar-refractivity contribution in [2.45, 2.75) is 24.8 Å². The minimum Gasteiger partial charge on any atom is -0.370 e. The molecular weight excluding hydrogens is 378 g/mol. The Kier molecular flexibility index (Phi) is 4.51. The summed E-state index contributed by atoms with van der Waals surface area (Å²) in [6, 6.07) is 5.96. The summed E-state index contributed by atoms with van der Waals surface area (Å²) in [5.74, 6) is -0.391. The molecule has 1 saturated heterocycles. The molecule has 2 aromatic rings. The van der Waals surface area contributed by atoms with Crippen molar-refractivity contribution in [2.75, 3.05) is 29.9 Å². The fourth-order valence-electron chi connectivity index (χ4n) is 3.95. The molecule has 0 bridgehead atoms. The smallest absolute Gasteiger partial charge is 0.237 e. The molecule has 2 amide bonds. The van der Waals surface area contributed by atoms with Crippen LogP contribution in [0.4, 0.5) is 11.4 Å². The van der Waals surface area contributed by atoms with E-state index in [1.807, 2.05) is 18.2 Å². The summed E-state index contributed by atoms with van der Waals surface area (Å²) >= 11 is 6.52. The summed E-state index contributed by atoms with van der Waals surface area (Å²) in [6.45, 7) is 1.14. The summed E-state index contributed by atoms with van der Waals surface area (Å²) in [5, 5.41) is 0.533. The van der Waals surface area contributed by atoms with E-state index < -0.39 is 11.4 Å². The number of halogens is 1. The molecule has 8 heteroatoms. The lowest BCUT2D eigenvalue weighted by Gasteiger charge is -2.39. The van der Waals surface area contributed by atoms with E-state index in [0.29, 0.717) is 37.4 Å². The standard InChI is InChI=1S/C20H22ClN5O2/c1-25-16-8-12(2-3-13(16)9-17(25)27)14-10-24-11-15(21)18(14)26-6-4-20(23,5-7-26)19(22)28/h2-3,8,10-11H,4-7,9,23H2,1H3,(H2,22,28). The quantitative estimate of drug-likeness (QED) is 0.817. The van der Waals surface area contributed by atoms with Crippen LogP contribution in [0.3, 0.4) is 0 Å². The van der Waals surface area contributed by atoms with Crippen LogP contribution in [0.1, 0.15) is 18.4 Å². The highest BCUT2D eigenvalue weighted by molar-refractivity contribution is 6.33. The number of anilines is 2. The molecule has 0 unspecified atom stereocenters. The Morgan fingerprint density at radius 2 is 1.96 bits per heavy atom. The van der Waals surface area contributed by atoms with Gasteiger partial charge in [-0.1, -0.05) is 23.7 Å². The number of fused-ring (bicyclic) bond motifs is 1. The van der Waals surface area contributed by atoms with Crippen LogP contribution in [0.15, 0.2) is 30.6 Å². The van der Waals surface area contributed by atoms with Gasteiger partial charge in [0, 0.05) is 43.8 Å². The second kappa shape index (κ2) is 6.76. The van der Waals surface area contributed by atoms with E-state index in [0.717, 1.165) is 28.1 Å². The predicted octanol–water partition coefficient (Wildman–Crippen LogP) is 1.70. The zero-order chi connectivity index (χ0) is 20.1. The summed E-state index contributed by atoms with van der Waals surface area (Å²) < 4.78 is 0. The van der Waals surface area contributed by atoms with E-state index >= 15 is 0 Å². The molecule has 1 aromatic heterocycles. The molecule has 4 rings (SSSR count). The molecule has 0 saturated carbocycles. The van der Waals surface area contributed by atoms with Crippen molar-refractivity contribution in [2.24, 2.45) is 11.5 Å². The van der Waals surface area contributed by atoms with E-state index in [4.69, 9.17) is 23.1 Å². The van der Waals surface area contributed by atoms with Gasteiger partial charge in [0.05, 0.1) is 22.7 Å². The van der Waals surface area contributed by atoms with Crippen molar-refractivity contribution < 1.29 is 9.59 Å². The lowest BCUT2D eigenvalue weighted by molar-refractivity contribution is -0.123. The minimum atomic E-state index is -0.979. The molecule has 28 heavy (non-hydrogen) atoms. The van der Waals surface area contributed by atoms with Gasteiger partial charge in [-0.25, -0.2) is 0 Å². The van der Waals surface area contributed by atoms with E-state index in [1.165, 1.54) is 0 Å². The number of nitrogens with two attached hydrogens (primary N) is 2. The molecule has 2 aliphatic heterocycles. The average Bonchev–Trinajstić information content (AvgIpc) is 2.96. The van der Waals surface area contributed by atoms with Crippen LogP contribution < -0.4 is 21.3 Å². The molecule has 0 aliphatic carbocycles. The van der Waals surface area contributed by atoms with Gasteiger partial charge in [0.1, 0.15) is 0 Å². The third-order valence-corrected chi connectivity index (χ3v) is 6.09. The highest BCUT2D eigenvalue weighted by atomic mass is 35.5. The number of carbonyl (C=O) groups is 2. The first kappa shape index (κ1) is 18.7. The van der Waals surface area contributed by atoms with Gasteiger partial charge < -0.3 is 21.3 Å². The lowest BCUT2D eigenvalue weighted by Crippen LogP contribution is -2.58. The largest absolute Gasteiger partial charge is 0.370 e. The van der Waals surface area contributed by atoms with Gasteiger partial charge in [0.2, 0.25) is 11.8 Å².